The Kier molecular flexibility index (Phi) is 4.03. The summed E-state index contributed by atoms with van der Waals surface area (Å²) in [7, 11) is 2.17. The Morgan fingerprint density at radius 3 is 2.05 bits per heavy atom. The molecule has 0 unspecified atom stereocenters. The lowest BCUT2D eigenvalue weighted by atomic mass is 10.3. The first-order valence-electron chi connectivity index (χ1n) is 7.34. The van der Waals surface area contributed by atoms with Gasteiger partial charge in [0.25, 0.3) is 0 Å². The van der Waals surface area contributed by atoms with Crippen LogP contribution in [-0.2, 0) is 4.74 Å². The molecule has 2 aliphatic rings. The Hall–Kier alpha value is -1.40. The molecule has 1 aromatic rings. The number of aryl methyl sites for hydroxylation is 1. The van der Waals surface area contributed by atoms with Crippen LogP contribution in [0.1, 0.15) is 5.82 Å². The molecule has 0 aliphatic carbocycles. The van der Waals surface area contributed by atoms with Gasteiger partial charge < -0.3 is 19.4 Å². The predicted octanol–water partition coefficient (Wildman–Crippen LogP) is 0.373. The summed E-state index contributed by atoms with van der Waals surface area (Å²) in [6.07, 6.45) is 0. The molecule has 3 rings (SSSR count). The van der Waals surface area contributed by atoms with Crippen molar-refractivity contribution >= 4 is 11.6 Å². The average Bonchev–Trinajstić information content (AvgIpc) is 2.48. The topological polar surface area (TPSA) is 44.7 Å². The van der Waals surface area contributed by atoms with Gasteiger partial charge in [-0.1, -0.05) is 0 Å². The molecule has 1 aromatic heterocycles. The fourth-order valence-corrected chi connectivity index (χ4v) is 2.69. The largest absolute Gasteiger partial charge is 0.378 e. The van der Waals surface area contributed by atoms with Gasteiger partial charge in [-0.3, -0.25) is 0 Å². The standard InChI is InChI=1S/C14H23N5O/c1-12-15-13(18-5-3-17(2)4-6-18)11-14(16-12)19-7-9-20-10-8-19/h11H,3-10H2,1-2H3. The number of piperazine rings is 1. The first kappa shape index (κ1) is 13.6. The van der Waals surface area contributed by atoms with Crippen molar-refractivity contribution in [3.8, 4) is 0 Å². The molecule has 0 bridgehead atoms. The monoisotopic (exact) mass is 277 g/mol. The minimum absolute atomic E-state index is 0.785. The van der Waals surface area contributed by atoms with Crippen LogP contribution in [0, 0.1) is 6.92 Å². The summed E-state index contributed by atoms with van der Waals surface area (Å²) in [5.74, 6) is 2.95. The minimum Gasteiger partial charge on any atom is -0.378 e. The van der Waals surface area contributed by atoms with Crippen LogP contribution in [0.5, 0.6) is 0 Å². The zero-order chi connectivity index (χ0) is 13.9. The molecular formula is C14H23N5O. The Balaban J connectivity index is 1.79. The number of hydrogen-bond donors (Lipinski definition) is 0. The van der Waals surface area contributed by atoms with Gasteiger partial charge in [0.1, 0.15) is 17.5 Å². The van der Waals surface area contributed by atoms with Gasteiger partial charge >= 0.3 is 0 Å². The summed E-state index contributed by atoms with van der Waals surface area (Å²) < 4.78 is 5.41. The third-order valence-corrected chi connectivity index (χ3v) is 3.97. The third kappa shape index (κ3) is 3.02. The highest BCUT2D eigenvalue weighted by Gasteiger charge is 2.19. The molecule has 2 saturated heterocycles. The lowest BCUT2D eigenvalue weighted by molar-refractivity contribution is 0.122. The molecule has 0 spiro atoms. The first-order valence-corrected chi connectivity index (χ1v) is 7.34. The molecule has 6 heteroatoms. The molecule has 6 nitrogen and oxygen atoms in total. The third-order valence-electron chi connectivity index (χ3n) is 3.97. The SMILES string of the molecule is Cc1nc(N2CCOCC2)cc(N2CCN(C)CC2)n1. The van der Waals surface area contributed by atoms with Crippen LogP contribution in [0.25, 0.3) is 0 Å². The highest BCUT2D eigenvalue weighted by molar-refractivity contribution is 5.51. The van der Waals surface area contributed by atoms with E-state index >= 15 is 0 Å². The highest BCUT2D eigenvalue weighted by Crippen LogP contribution is 2.21. The normalized spacial score (nSPS) is 21.3. The summed E-state index contributed by atoms with van der Waals surface area (Å²) in [6.45, 7) is 9.64. The van der Waals surface area contributed by atoms with Crippen LogP contribution < -0.4 is 9.80 Å². The van der Waals surface area contributed by atoms with Gasteiger partial charge in [-0.25, -0.2) is 9.97 Å². The van der Waals surface area contributed by atoms with E-state index in [0.717, 1.165) is 69.9 Å². The predicted molar refractivity (Wildman–Crippen MR) is 79.5 cm³/mol. The van der Waals surface area contributed by atoms with Gasteiger partial charge in [0.05, 0.1) is 13.2 Å². The second-order valence-electron chi connectivity index (χ2n) is 5.52. The Labute approximate surface area is 120 Å². The molecule has 110 valence electrons. The van der Waals surface area contributed by atoms with Crippen LogP contribution in [-0.4, -0.2) is 74.4 Å². The second kappa shape index (κ2) is 5.93. The van der Waals surface area contributed by atoms with E-state index in [1.807, 2.05) is 6.92 Å². The van der Waals surface area contributed by atoms with Crippen molar-refractivity contribution < 1.29 is 4.74 Å². The molecule has 20 heavy (non-hydrogen) atoms. The van der Waals surface area contributed by atoms with E-state index in [-0.39, 0.29) is 0 Å². The maximum absolute atomic E-state index is 5.41. The number of nitrogens with zero attached hydrogens (tertiary/aromatic N) is 5. The van der Waals surface area contributed by atoms with Crippen LogP contribution in [0.15, 0.2) is 6.07 Å². The summed E-state index contributed by atoms with van der Waals surface area (Å²) in [6, 6.07) is 2.13. The van der Waals surface area contributed by atoms with E-state index in [9.17, 15) is 0 Å². The van der Waals surface area contributed by atoms with Gasteiger partial charge in [0.2, 0.25) is 0 Å². The molecule has 2 fully saturated rings. The molecule has 0 radical (unpaired) electrons. The number of morpholine rings is 1. The average molecular weight is 277 g/mol. The number of ether oxygens (including phenoxy) is 1. The van der Waals surface area contributed by atoms with Gasteiger partial charge in [-0.05, 0) is 14.0 Å². The number of anilines is 2. The van der Waals surface area contributed by atoms with Crippen molar-refractivity contribution in [1.82, 2.24) is 14.9 Å². The zero-order valence-corrected chi connectivity index (χ0v) is 12.4. The lowest BCUT2D eigenvalue weighted by Crippen LogP contribution is -2.45. The van der Waals surface area contributed by atoms with Gasteiger partial charge in [0.15, 0.2) is 0 Å². The summed E-state index contributed by atoms with van der Waals surface area (Å²) in [4.78, 5) is 16.2. The Bertz CT molecular complexity index is 453. The summed E-state index contributed by atoms with van der Waals surface area (Å²) in [5.41, 5.74) is 0. The Morgan fingerprint density at radius 2 is 1.45 bits per heavy atom. The van der Waals surface area contributed by atoms with E-state index in [1.165, 1.54) is 0 Å². The molecule has 0 amide bonds. The number of hydrogen-bond acceptors (Lipinski definition) is 6. The Morgan fingerprint density at radius 1 is 0.900 bits per heavy atom. The van der Waals surface area contributed by atoms with Crippen LogP contribution in [0.4, 0.5) is 11.6 Å². The van der Waals surface area contributed by atoms with E-state index < -0.39 is 0 Å². The molecular weight excluding hydrogens is 254 g/mol. The van der Waals surface area contributed by atoms with Crippen molar-refractivity contribution in [2.24, 2.45) is 0 Å². The quantitative estimate of drug-likeness (QED) is 0.778. The molecule has 0 N–H and O–H groups in total. The molecule has 3 heterocycles. The highest BCUT2D eigenvalue weighted by atomic mass is 16.5. The number of rotatable bonds is 2. The summed E-state index contributed by atoms with van der Waals surface area (Å²) in [5, 5.41) is 0. The van der Waals surface area contributed by atoms with Crippen LogP contribution in [0.2, 0.25) is 0 Å². The van der Waals surface area contributed by atoms with E-state index in [2.05, 4.69) is 37.8 Å². The summed E-state index contributed by atoms with van der Waals surface area (Å²) >= 11 is 0. The van der Waals surface area contributed by atoms with Crippen LogP contribution >= 0.6 is 0 Å². The fourth-order valence-electron chi connectivity index (χ4n) is 2.69. The van der Waals surface area contributed by atoms with Crippen molar-refractivity contribution in [3.05, 3.63) is 11.9 Å². The molecule has 0 aromatic carbocycles. The van der Waals surface area contributed by atoms with E-state index in [1.54, 1.807) is 0 Å². The molecule has 0 atom stereocenters. The van der Waals surface area contributed by atoms with Crippen LogP contribution in [0.3, 0.4) is 0 Å². The van der Waals surface area contributed by atoms with E-state index in [4.69, 9.17) is 4.74 Å². The maximum Gasteiger partial charge on any atom is 0.134 e. The lowest BCUT2D eigenvalue weighted by Gasteiger charge is -2.34. The maximum atomic E-state index is 5.41. The zero-order valence-electron chi connectivity index (χ0n) is 12.4. The molecule has 0 saturated carbocycles. The number of likely N-dealkylation sites (N-methyl/N-ethyl adjacent to an activating group) is 1. The van der Waals surface area contributed by atoms with Crippen molar-refractivity contribution in [2.75, 3.05) is 69.3 Å². The smallest absolute Gasteiger partial charge is 0.134 e. The van der Waals surface area contributed by atoms with Gasteiger partial charge in [-0.2, -0.15) is 0 Å². The van der Waals surface area contributed by atoms with Gasteiger partial charge in [0, 0.05) is 45.3 Å². The van der Waals surface area contributed by atoms with Crippen molar-refractivity contribution in [2.45, 2.75) is 6.92 Å². The minimum atomic E-state index is 0.785. The number of aromatic nitrogens is 2. The van der Waals surface area contributed by atoms with E-state index in [0.29, 0.717) is 0 Å². The second-order valence-corrected chi connectivity index (χ2v) is 5.52. The first-order chi connectivity index (χ1) is 9.72. The van der Waals surface area contributed by atoms with Crippen molar-refractivity contribution in [3.63, 3.8) is 0 Å². The van der Waals surface area contributed by atoms with Crippen molar-refractivity contribution in [1.29, 1.82) is 0 Å². The molecule has 2 aliphatic heterocycles. The fraction of sp³-hybridized carbons (Fsp3) is 0.714. The van der Waals surface area contributed by atoms with Gasteiger partial charge in [-0.15, -0.1) is 0 Å².